The fourth-order valence-corrected chi connectivity index (χ4v) is 4.58. The van der Waals surface area contributed by atoms with Crippen LogP contribution < -0.4 is 10.0 Å². The van der Waals surface area contributed by atoms with E-state index in [2.05, 4.69) is 15.1 Å². The van der Waals surface area contributed by atoms with Gasteiger partial charge in [-0.3, -0.25) is 29.1 Å². The first-order valence-electron chi connectivity index (χ1n) is 9.51. The number of nitrogens with zero attached hydrogens (tertiary/aromatic N) is 3. The van der Waals surface area contributed by atoms with Crippen LogP contribution in [0.15, 0.2) is 35.5 Å². The Morgan fingerprint density at radius 1 is 1.20 bits per heavy atom. The van der Waals surface area contributed by atoms with Gasteiger partial charge in [0.15, 0.2) is 5.03 Å². The number of sulfonamides is 1. The highest BCUT2D eigenvalue weighted by atomic mass is 32.2. The van der Waals surface area contributed by atoms with Gasteiger partial charge in [-0.2, -0.15) is 13.5 Å². The molecule has 1 fully saturated rings. The molecule has 4 rings (SSSR count). The Morgan fingerprint density at radius 3 is 2.63 bits per heavy atom. The average molecular weight is 431 g/mol. The van der Waals surface area contributed by atoms with Crippen LogP contribution in [0.1, 0.15) is 48.7 Å². The quantitative estimate of drug-likeness (QED) is 0.680. The van der Waals surface area contributed by atoms with Crippen LogP contribution in [0.4, 0.5) is 5.69 Å². The van der Waals surface area contributed by atoms with Crippen molar-refractivity contribution in [1.82, 2.24) is 20.0 Å². The van der Waals surface area contributed by atoms with Crippen molar-refractivity contribution >= 4 is 33.4 Å². The van der Waals surface area contributed by atoms with E-state index in [0.29, 0.717) is 16.8 Å². The number of aromatic nitrogens is 2. The summed E-state index contributed by atoms with van der Waals surface area (Å²) in [6.07, 6.45) is 2.03. The molecular formula is C19H21N5O5S. The third-order valence-corrected chi connectivity index (χ3v) is 6.44. The number of nitrogens with one attached hydrogen (secondary N) is 2. The molecule has 1 atom stereocenters. The Balaban J connectivity index is 1.54. The number of imide groups is 1. The molecule has 158 valence electrons. The van der Waals surface area contributed by atoms with Gasteiger partial charge in [0.05, 0.1) is 0 Å². The minimum Gasteiger partial charge on any atom is -0.322 e. The van der Waals surface area contributed by atoms with E-state index in [1.165, 1.54) is 23.1 Å². The molecule has 1 saturated heterocycles. The van der Waals surface area contributed by atoms with Crippen LogP contribution in [0.5, 0.6) is 0 Å². The summed E-state index contributed by atoms with van der Waals surface area (Å²) in [4.78, 5) is 37.6. The normalized spacial score (nSPS) is 19.2. The summed E-state index contributed by atoms with van der Waals surface area (Å²) in [5.74, 6) is -1.16. The molecule has 2 aliphatic rings. The zero-order valence-electron chi connectivity index (χ0n) is 16.5. The lowest BCUT2D eigenvalue weighted by Gasteiger charge is -2.29. The van der Waals surface area contributed by atoms with E-state index in [-0.39, 0.29) is 42.3 Å². The fourth-order valence-electron chi connectivity index (χ4n) is 3.60. The monoisotopic (exact) mass is 431 g/mol. The molecule has 0 radical (unpaired) electrons. The maximum atomic E-state index is 12.7. The fraction of sp³-hybridized carbons (Fsp3) is 0.368. The van der Waals surface area contributed by atoms with Crippen molar-refractivity contribution in [2.24, 2.45) is 0 Å². The van der Waals surface area contributed by atoms with Crippen LogP contribution >= 0.6 is 0 Å². The SMILES string of the molecule is CC(C)n1ccc(S(=O)(=O)Nc2ccc3c(c2)CN(C2CCC(=O)NC2=O)C3=O)n1. The Hall–Kier alpha value is -3.21. The van der Waals surface area contributed by atoms with E-state index in [9.17, 15) is 22.8 Å². The van der Waals surface area contributed by atoms with Gasteiger partial charge in [0, 0.05) is 36.5 Å². The number of rotatable bonds is 5. The van der Waals surface area contributed by atoms with Gasteiger partial charge in [-0.25, -0.2) is 0 Å². The third kappa shape index (κ3) is 3.56. The number of hydrogen-bond acceptors (Lipinski definition) is 6. The predicted octanol–water partition coefficient (Wildman–Crippen LogP) is 1.03. The lowest BCUT2D eigenvalue weighted by atomic mass is 10.0. The molecule has 1 aromatic carbocycles. The molecule has 2 aromatic rings. The summed E-state index contributed by atoms with van der Waals surface area (Å²) in [5.41, 5.74) is 1.31. The van der Waals surface area contributed by atoms with Crippen LogP contribution in [0.3, 0.4) is 0 Å². The topological polar surface area (TPSA) is 130 Å². The van der Waals surface area contributed by atoms with E-state index in [0.717, 1.165) is 0 Å². The van der Waals surface area contributed by atoms with E-state index in [4.69, 9.17) is 0 Å². The van der Waals surface area contributed by atoms with Crippen LogP contribution in [0, 0.1) is 0 Å². The number of amides is 3. The largest absolute Gasteiger partial charge is 0.322 e. The summed E-state index contributed by atoms with van der Waals surface area (Å²) in [6.45, 7) is 3.95. The van der Waals surface area contributed by atoms with Gasteiger partial charge in [0.25, 0.3) is 15.9 Å². The Bertz CT molecular complexity index is 1150. The van der Waals surface area contributed by atoms with Crippen LogP contribution in [-0.4, -0.2) is 46.9 Å². The Kier molecular flexibility index (Phi) is 4.85. The molecule has 1 unspecified atom stereocenters. The summed E-state index contributed by atoms with van der Waals surface area (Å²) < 4.78 is 29.3. The van der Waals surface area contributed by atoms with Crippen molar-refractivity contribution in [3.05, 3.63) is 41.6 Å². The summed E-state index contributed by atoms with van der Waals surface area (Å²) in [7, 11) is -3.89. The maximum absolute atomic E-state index is 12.7. The van der Waals surface area contributed by atoms with Gasteiger partial charge >= 0.3 is 0 Å². The predicted molar refractivity (Wildman–Crippen MR) is 106 cm³/mol. The molecule has 0 aliphatic carbocycles. The highest BCUT2D eigenvalue weighted by Gasteiger charge is 2.39. The lowest BCUT2D eigenvalue weighted by Crippen LogP contribution is -2.52. The van der Waals surface area contributed by atoms with Crippen molar-refractivity contribution in [2.45, 2.75) is 50.3 Å². The van der Waals surface area contributed by atoms with Crippen molar-refractivity contribution < 1.29 is 22.8 Å². The first kappa shape index (κ1) is 20.1. The van der Waals surface area contributed by atoms with Crippen molar-refractivity contribution in [2.75, 3.05) is 4.72 Å². The first-order valence-corrected chi connectivity index (χ1v) is 11.0. The zero-order chi connectivity index (χ0) is 21.6. The van der Waals surface area contributed by atoms with Crippen molar-refractivity contribution in [1.29, 1.82) is 0 Å². The molecule has 2 aliphatic heterocycles. The molecule has 3 amide bonds. The molecule has 0 bridgehead atoms. The molecular weight excluding hydrogens is 410 g/mol. The van der Waals surface area contributed by atoms with E-state index < -0.39 is 22.0 Å². The molecule has 10 nitrogen and oxygen atoms in total. The first-order chi connectivity index (χ1) is 14.2. The molecule has 11 heteroatoms. The number of carbonyl (C=O) groups is 3. The summed E-state index contributed by atoms with van der Waals surface area (Å²) in [5, 5.41) is 6.23. The van der Waals surface area contributed by atoms with Gasteiger partial charge in [-0.15, -0.1) is 0 Å². The van der Waals surface area contributed by atoms with Crippen molar-refractivity contribution in [3.8, 4) is 0 Å². The molecule has 30 heavy (non-hydrogen) atoms. The maximum Gasteiger partial charge on any atom is 0.281 e. The number of fused-ring (bicyclic) bond motifs is 1. The molecule has 1 aromatic heterocycles. The average Bonchev–Trinajstić information content (AvgIpc) is 3.28. The Labute approximate surface area is 173 Å². The molecule has 3 heterocycles. The zero-order valence-corrected chi connectivity index (χ0v) is 17.3. The van der Waals surface area contributed by atoms with Gasteiger partial charge in [-0.1, -0.05) is 0 Å². The highest BCUT2D eigenvalue weighted by Crippen LogP contribution is 2.30. The number of carbonyl (C=O) groups excluding carboxylic acids is 3. The number of anilines is 1. The summed E-state index contributed by atoms with van der Waals surface area (Å²) in [6, 6.07) is 5.34. The molecule has 2 N–H and O–H groups in total. The van der Waals surface area contributed by atoms with Gasteiger partial charge in [0.2, 0.25) is 11.8 Å². The Morgan fingerprint density at radius 2 is 1.97 bits per heavy atom. The number of piperidine rings is 1. The standard InChI is InChI=1S/C19H21N5O5S/c1-11(2)24-8-7-17(21-24)30(28,29)22-13-3-4-14-12(9-13)10-23(19(14)27)15-5-6-16(25)20-18(15)26/h3-4,7-9,11,15,22H,5-6,10H2,1-2H3,(H,20,25,26). The summed E-state index contributed by atoms with van der Waals surface area (Å²) >= 11 is 0. The lowest BCUT2D eigenvalue weighted by molar-refractivity contribution is -0.136. The van der Waals surface area contributed by atoms with Crippen molar-refractivity contribution in [3.63, 3.8) is 0 Å². The van der Waals surface area contributed by atoms with E-state index in [1.807, 2.05) is 13.8 Å². The second kappa shape index (κ2) is 7.24. The second-order valence-corrected chi connectivity index (χ2v) is 9.23. The van der Waals surface area contributed by atoms with Gasteiger partial charge < -0.3 is 4.90 Å². The van der Waals surface area contributed by atoms with E-state index >= 15 is 0 Å². The number of hydrogen-bond donors (Lipinski definition) is 2. The highest BCUT2D eigenvalue weighted by molar-refractivity contribution is 7.92. The van der Waals surface area contributed by atoms with Crippen LogP contribution in [0.2, 0.25) is 0 Å². The van der Waals surface area contributed by atoms with E-state index in [1.54, 1.807) is 16.9 Å². The number of benzene rings is 1. The smallest absolute Gasteiger partial charge is 0.281 e. The molecule has 0 saturated carbocycles. The minimum atomic E-state index is -3.89. The third-order valence-electron chi connectivity index (χ3n) is 5.16. The minimum absolute atomic E-state index is 0.0261. The van der Waals surface area contributed by atoms with Crippen LogP contribution in [-0.2, 0) is 26.2 Å². The molecule has 0 spiro atoms. The van der Waals surface area contributed by atoms with Crippen LogP contribution in [0.25, 0.3) is 0 Å². The van der Waals surface area contributed by atoms with Gasteiger partial charge in [-0.05, 0) is 50.1 Å². The second-order valence-electron chi connectivity index (χ2n) is 7.61. The van der Waals surface area contributed by atoms with Gasteiger partial charge in [0.1, 0.15) is 6.04 Å².